The van der Waals surface area contributed by atoms with Crippen LogP contribution in [0.3, 0.4) is 0 Å². The number of amides is 1. The highest BCUT2D eigenvalue weighted by atomic mass is 32.2. The second kappa shape index (κ2) is 16.8. The molecule has 0 bridgehead atoms. The number of β-lactam (4-membered cyclic amide) rings is 1. The number of nitrogens with zero attached hydrogens (tertiary/aromatic N) is 3. The molecule has 4 atom stereocenters. The summed E-state index contributed by atoms with van der Waals surface area (Å²) in [6.45, 7) is 8.92. The maximum atomic E-state index is 12.4. The maximum absolute atomic E-state index is 12.4. The number of nitrogens with one attached hydrogen (secondary N) is 2. The molecule has 3 saturated heterocycles. The molecule has 0 aromatic carbocycles. The van der Waals surface area contributed by atoms with E-state index in [-0.39, 0.29) is 23.6 Å². The number of aliphatic carboxylic acids is 1. The van der Waals surface area contributed by atoms with E-state index in [0.717, 1.165) is 62.7 Å². The number of thioether (sulfide) groups is 1. The van der Waals surface area contributed by atoms with Gasteiger partial charge in [0.25, 0.3) is 0 Å². The highest BCUT2D eigenvalue weighted by Gasteiger charge is 2.60. The van der Waals surface area contributed by atoms with Crippen LogP contribution in [0.4, 0.5) is 0 Å². The first-order valence-electron chi connectivity index (χ1n) is 17.0. The summed E-state index contributed by atoms with van der Waals surface area (Å²) in [6, 6.07) is 1.18. The van der Waals surface area contributed by atoms with E-state index in [0.29, 0.717) is 28.5 Å². The Bertz CT molecular complexity index is 1030. The molecule has 0 aromatic rings. The monoisotopic (exact) mass is 667 g/mol. The van der Waals surface area contributed by atoms with Gasteiger partial charge in [-0.1, -0.05) is 6.92 Å². The zero-order valence-electron chi connectivity index (χ0n) is 27.9. The number of hydrogen-bond acceptors (Lipinski definition) is 10. The molecule has 5 fully saturated rings. The van der Waals surface area contributed by atoms with Crippen LogP contribution in [-0.4, -0.2) is 132 Å². The summed E-state index contributed by atoms with van der Waals surface area (Å²) in [5, 5.41) is 27.2. The van der Waals surface area contributed by atoms with Crippen molar-refractivity contribution in [3.05, 3.63) is 10.6 Å². The molecule has 0 spiro atoms. The summed E-state index contributed by atoms with van der Waals surface area (Å²) < 4.78 is 0. The van der Waals surface area contributed by atoms with Gasteiger partial charge in [-0.15, -0.1) is 11.8 Å². The fourth-order valence-corrected chi connectivity index (χ4v) is 9.47. The van der Waals surface area contributed by atoms with Crippen molar-refractivity contribution in [3.63, 3.8) is 0 Å². The van der Waals surface area contributed by atoms with E-state index in [1.54, 1.807) is 18.7 Å². The highest BCUT2D eigenvalue weighted by Crippen LogP contribution is 2.52. The Kier molecular flexibility index (Phi) is 13.7. The number of aldehydes is 1. The summed E-state index contributed by atoms with van der Waals surface area (Å²) in [6.07, 6.45) is 10.0. The number of carboxylic acid groups (broad SMARTS) is 1. The first-order valence-corrected chi connectivity index (χ1v) is 18.4. The summed E-state index contributed by atoms with van der Waals surface area (Å²) in [5.74, 6) is -0.673. The molecule has 1 amide bonds. The van der Waals surface area contributed by atoms with E-state index in [9.17, 15) is 24.6 Å². The lowest BCUT2D eigenvalue weighted by molar-refractivity contribution is -0.163. The molecule has 2 saturated carbocycles. The number of aliphatic hydroxyl groups is 1. The standard InChI is InChI=1S/C21H33N3O4S.C9H17NO.C3H7NS/c1-11-17-16(12(2)25)20(26)24(17)18(21(27)28)19(11)29-15-9-23(10-15)8-13-4-6-14(22-3)7-5-13;1-10(2)9-5-3-8(7-11)4-6-9;5-3-1-4-2-3/h11-17,22,25H,4-10H2,1-3H3,(H,27,28);7-9H,3-6H2,1-2H3;3-5H,1-2H2/t11-,12-,13?,14?,16-,17-;;/m1../s1. The van der Waals surface area contributed by atoms with Crippen LogP contribution in [0.2, 0.25) is 0 Å². The Morgan fingerprint density at radius 1 is 1.13 bits per heavy atom. The van der Waals surface area contributed by atoms with E-state index >= 15 is 0 Å². The fourth-order valence-electron chi connectivity index (χ4n) is 7.63. The minimum Gasteiger partial charge on any atom is -0.477 e. The Labute approximate surface area is 279 Å². The Morgan fingerprint density at radius 3 is 2.18 bits per heavy atom. The maximum Gasteiger partial charge on any atom is 0.353 e. The van der Waals surface area contributed by atoms with Gasteiger partial charge < -0.3 is 40.3 Å². The summed E-state index contributed by atoms with van der Waals surface area (Å²) in [4.78, 5) is 41.7. The Hall–Kier alpha value is -1.15. The molecular weight excluding hydrogens is 611 g/mol. The van der Waals surface area contributed by atoms with E-state index < -0.39 is 18.0 Å². The predicted molar refractivity (Wildman–Crippen MR) is 183 cm³/mol. The number of carbonyl (C=O) groups excluding carboxylic acids is 2. The molecule has 0 radical (unpaired) electrons. The first kappa shape index (κ1) is 36.7. The summed E-state index contributed by atoms with van der Waals surface area (Å²) >= 11 is 5.77. The SMILES string of the molecule is CN(C)C1CCC(C=O)CC1.CNC1CCC(CN2CC(SC3=C(C(=O)O)N4C(=O)[C@H]([C@@H](C)O)[C@H]4[C@H]3C)C2)CC1.SC1CNC1. The zero-order chi connectivity index (χ0) is 32.8. The first-order chi connectivity index (χ1) is 21.4. The van der Waals surface area contributed by atoms with Gasteiger partial charge in [-0.25, -0.2) is 4.79 Å². The molecule has 256 valence electrons. The lowest BCUT2D eigenvalue weighted by Gasteiger charge is -2.46. The quantitative estimate of drug-likeness (QED) is 0.142. The van der Waals surface area contributed by atoms with Crippen molar-refractivity contribution in [2.75, 3.05) is 53.9 Å². The molecule has 4 N–H and O–H groups in total. The number of carbonyl (C=O) groups is 3. The van der Waals surface area contributed by atoms with Crippen LogP contribution in [0, 0.1) is 23.7 Å². The average Bonchev–Trinajstić information content (AvgIpc) is 3.23. The number of carboxylic acids is 1. The van der Waals surface area contributed by atoms with Crippen molar-refractivity contribution >= 4 is 42.6 Å². The van der Waals surface area contributed by atoms with Gasteiger partial charge in [0.15, 0.2) is 0 Å². The number of fused-ring (bicyclic) bond motifs is 1. The van der Waals surface area contributed by atoms with E-state index in [2.05, 4.69) is 47.2 Å². The second-order valence-corrected chi connectivity index (χ2v) is 16.3. The van der Waals surface area contributed by atoms with Crippen LogP contribution in [-0.2, 0) is 14.4 Å². The third-order valence-electron chi connectivity index (χ3n) is 10.7. The highest BCUT2D eigenvalue weighted by molar-refractivity contribution is 8.03. The fraction of sp³-hybridized carbons (Fsp3) is 0.848. The van der Waals surface area contributed by atoms with Gasteiger partial charge in [0.05, 0.1) is 18.1 Å². The number of likely N-dealkylation sites (tertiary alicyclic amines) is 1. The van der Waals surface area contributed by atoms with E-state index in [4.69, 9.17) is 0 Å². The minimum atomic E-state index is -1.03. The van der Waals surface area contributed by atoms with Gasteiger partial charge in [-0.05, 0) is 85.4 Å². The lowest BCUT2D eigenvalue weighted by atomic mass is 9.79. The van der Waals surface area contributed by atoms with Crippen molar-refractivity contribution in [2.45, 2.75) is 99.9 Å². The Balaban J connectivity index is 0.000000235. The van der Waals surface area contributed by atoms with Crippen LogP contribution >= 0.6 is 24.4 Å². The number of thiol groups is 1. The van der Waals surface area contributed by atoms with Gasteiger partial charge in [0, 0.05) is 72.0 Å². The number of aliphatic hydroxyl groups excluding tert-OH is 1. The average molecular weight is 668 g/mol. The largest absolute Gasteiger partial charge is 0.477 e. The molecule has 12 heteroatoms. The molecule has 0 aromatic heterocycles. The third-order valence-corrected chi connectivity index (χ3v) is 12.5. The van der Waals surface area contributed by atoms with Crippen molar-refractivity contribution < 1.29 is 24.6 Å². The van der Waals surface area contributed by atoms with Gasteiger partial charge in [0.2, 0.25) is 5.91 Å². The topological polar surface area (TPSA) is 125 Å². The van der Waals surface area contributed by atoms with Gasteiger partial charge in [-0.3, -0.25) is 4.79 Å². The molecular formula is C33H57N5O5S2. The van der Waals surface area contributed by atoms with Crippen LogP contribution < -0.4 is 10.6 Å². The smallest absolute Gasteiger partial charge is 0.353 e. The van der Waals surface area contributed by atoms with Crippen LogP contribution in [0.5, 0.6) is 0 Å². The summed E-state index contributed by atoms with van der Waals surface area (Å²) in [5.41, 5.74) is 0.151. The van der Waals surface area contributed by atoms with Crippen LogP contribution in [0.15, 0.2) is 10.6 Å². The van der Waals surface area contributed by atoms with Crippen molar-refractivity contribution in [1.82, 2.24) is 25.3 Å². The molecule has 4 heterocycles. The predicted octanol–water partition coefficient (Wildman–Crippen LogP) is 2.53. The van der Waals surface area contributed by atoms with Crippen LogP contribution in [0.1, 0.15) is 65.2 Å². The summed E-state index contributed by atoms with van der Waals surface area (Å²) in [7, 11) is 6.28. The zero-order valence-corrected chi connectivity index (χ0v) is 29.6. The molecule has 4 aliphatic heterocycles. The van der Waals surface area contributed by atoms with E-state index in [1.165, 1.54) is 43.4 Å². The molecule has 6 aliphatic rings. The number of hydrogen-bond donors (Lipinski definition) is 5. The van der Waals surface area contributed by atoms with Crippen molar-refractivity contribution in [1.29, 1.82) is 0 Å². The normalized spacial score (nSPS) is 34.4. The van der Waals surface area contributed by atoms with Gasteiger partial charge in [-0.2, -0.15) is 12.6 Å². The lowest BCUT2D eigenvalue weighted by Crippen LogP contribution is -2.63. The minimum absolute atomic E-state index is 0.0331. The molecule has 0 unspecified atom stereocenters. The third kappa shape index (κ3) is 9.06. The molecule has 45 heavy (non-hydrogen) atoms. The second-order valence-electron chi connectivity index (χ2n) is 14.2. The van der Waals surface area contributed by atoms with Crippen molar-refractivity contribution in [3.8, 4) is 0 Å². The Morgan fingerprint density at radius 2 is 1.73 bits per heavy atom. The van der Waals surface area contributed by atoms with Gasteiger partial charge in [0.1, 0.15) is 12.0 Å². The van der Waals surface area contributed by atoms with Crippen molar-refractivity contribution in [2.24, 2.45) is 23.7 Å². The number of rotatable bonds is 9. The molecule has 2 aliphatic carbocycles. The van der Waals surface area contributed by atoms with Gasteiger partial charge >= 0.3 is 5.97 Å². The molecule has 10 nitrogen and oxygen atoms in total. The molecule has 6 rings (SSSR count). The van der Waals surface area contributed by atoms with Crippen LogP contribution in [0.25, 0.3) is 0 Å². The van der Waals surface area contributed by atoms with E-state index in [1.807, 2.05) is 14.0 Å².